The van der Waals surface area contributed by atoms with Crippen molar-refractivity contribution in [2.45, 2.75) is 19.9 Å². The lowest BCUT2D eigenvalue weighted by Crippen LogP contribution is -2.23. The summed E-state index contributed by atoms with van der Waals surface area (Å²) in [4.78, 5) is 15.5. The molecule has 1 aromatic heterocycles. The van der Waals surface area contributed by atoms with Gasteiger partial charge in [-0.15, -0.1) is 0 Å². The van der Waals surface area contributed by atoms with Gasteiger partial charge in [-0.25, -0.2) is 4.79 Å². The number of benzene rings is 1. The number of anilines is 1. The maximum atomic E-state index is 11.3. The van der Waals surface area contributed by atoms with Crippen molar-refractivity contribution < 1.29 is 14.6 Å². The fourth-order valence-electron chi connectivity index (χ4n) is 2.04. The Morgan fingerprint density at radius 3 is 2.90 bits per heavy atom. The van der Waals surface area contributed by atoms with Crippen molar-refractivity contribution in [3.8, 4) is 0 Å². The predicted molar refractivity (Wildman–Crippen MR) is 78.3 cm³/mol. The molecule has 5 heteroatoms. The molecule has 20 heavy (non-hydrogen) atoms. The van der Waals surface area contributed by atoms with E-state index in [2.05, 4.69) is 10.3 Å². The van der Waals surface area contributed by atoms with Crippen molar-refractivity contribution in [2.24, 2.45) is 0 Å². The molecule has 0 saturated heterocycles. The van der Waals surface area contributed by atoms with Crippen LogP contribution in [0, 0.1) is 0 Å². The molecule has 0 bridgehead atoms. The average molecular weight is 274 g/mol. The zero-order valence-electron chi connectivity index (χ0n) is 11.6. The number of fused-ring (bicyclic) bond motifs is 1. The van der Waals surface area contributed by atoms with Gasteiger partial charge in [-0.05, 0) is 19.9 Å². The minimum atomic E-state index is -0.991. The molecule has 0 saturated carbocycles. The molecule has 2 N–H and O–H groups in total. The average Bonchev–Trinajstić information content (AvgIpc) is 2.45. The van der Waals surface area contributed by atoms with E-state index in [1.807, 2.05) is 38.1 Å². The van der Waals surface area contributed by atoms with E-state index in [1.54, 1.807) is 0 Å². The SMILES string of the molecule is CCOCC(C)Nc1c(C(=O)O)cnc2ccccc12. The first-order valence-electron chi connectivity index (χ1n) is 6.58. The van der Waals surface area contributed by atoms with Gasteiger partial charge in [0.05, 0.1) is 17.8 Å². The Balaban J connectivity index is 2.41. The summed E-state index contributed by atoms with van der Waals surface area (Å²) in [5, 5.41) is 13.3. The third kappa shape index (κ3) is 3.05. The third-order valence-electron chi connectivity index (χ3n) is 2.97. The van der Waals surface area contributed by atoms with Crippen LogP contribution in [-0.2, 0) is 4.74 Å². The molecule has 2 aromatic rings. The molecule has 0 fully saturated rings. The predicted octanol–water partition coefficient (Wildman–Crippen LogP) is 2.77. The molecular weight excluding hydrogens is 256 g/mol. The summed E-state index contributed by atoms with van der Waals surface area (Å²) in [6.07, 6.45) is 1.39. The maximum Gasteiger partial charge on any atom is 0.339 e. The van der Waals surface area contributed by atoms with Gasteiger partial charge in [-0.3, -0.25) is 4.98 Å². The molecular formula is C15H18N2O3. The highest BCUT2D eigenvalue weighted by Gasteiger charge is 2.16. The molecule has 1 aromatic carbocycles. The number of nitrogens with zero attached hydrogens (tertiary/aromatic N) is 1. The molecule has 0 aliphatic rings. The van der Waals surface area contributed by atoms with Gasteiger partial charge in [0.15, 0.2) is 0 Å². The molecule has 2 rings (SSSR count). The Kier molecular flexibility index (Phi) is 4.53. The van der Waals surface area contributed by atoms with Crippen LogP contribution in [0.15, 0.2) is 30.5 Å². The summed E-state index contributed by atoms with van der Waals surface area (Å²) < 4.78 is 5.35. The molecule has 1 atom stereocenters. The first kappa shape index (κ1) is 14.3. The fraction of sp³-hybridized carbons (Fsp3) is 0.333. The van der Waals surface area contributed by atoms with E-state index < -0.39 is 5.97 Å². The van der Waals surface area contributed by atoms with E-state index in [1.165, 1.54) is 6.20 Å². The zero-order valence-corrected chi connectivity index (χ0v) is 11.6. The minimum Gasteiger partial charge on any atom is -0.478 e. The van der Waals surface area contributed by atoms with Crippen LogP contribution in [0.4, 0.5) is 5.69 Å². The van der Waals surface area contributed by atoms with Crippen LogP contribution in [0.5, 0.6) is 0 Å². The maximum absolute atomic E-state index is 11.3. The molecule has 5 nitrogen and oxygen atoms in total. The Morgan fingerprint density at radius 2 is 2.20 bits per heavy atom. The van der Waals surface area contributed by atoms with Crippen LogP contribution >= 0.6 is 0 Å². The first-order chi connectivity index (χ1) is 9.63. The van der Waals surface area contributed by atoms with Gasteiger partial charge in [0.2, 0.25) is 0 Å². The number of nitrogens with one attached hydrogen (secondary N) is 1. The number of rotatable bonds is 6. The Labute approximate surface area is 117 Å². The van der Waals surface area contributed by atoms with Gasteiger partial charge in [0, 0.05) is 24.2 Å². The van der Waals surface area contributed by atoms with Gasteiger partial charge in [-0.2, -0.15) is 0 Å². The van der Waals surface area contributed by atoms with E-state index in [0.29, 0.717) is 18.9 Å². The second-order valence-electron chi connectivity index (χ2n) is 4.57. The van der Waals surface area contributed by atoms with Crippen LogP contribution in [0.25, 0.3) is 10.9 Å². The summed E-state index contributed by atoms with van der Waals surface area (Å²) in [6, 6.07) is 7.49. The number of aromatic nitrogens is 1. The Morgan fingerprint density at radius 1 is 1.45 bits per heavy atom. The lowest BCUT2D eigenvalue weighted by molar-refractivity contribution is 0.0697. The highest BCUT2D eigenvalue weighted by molar-refractivity contribution is 6.04. The summed E-state index contributed by atoms with van der Waals surface area (Å²) in [6.45, 7) is 5.04. The topological polar surface area (TPSA) is 71.5 Å². The van der Waals surface area contributed by atoms with E-state index in [9.17, 15) is 9.90 Å². The van der Waals surface area contributed by atoms with Gasteiger partial charge < -0.3 is 15.2 Å². The van der Waals surface area contributed by atoms with Gasteiger partial charge in [0.1, 0.15) is 5.56 Å². The van der Waals surface area contributed by atoms with Gasteiger partial charge >= 0.3 is 5.97 Å². The number of aromatic carboxylic acids is 1. The number of pyridine rings is 1. The second kappa shape index (κ2) is 6.34. The molecule has 0 aliphatic heterocycles. The number of para-hydroxylation sites is 1. The standard InChI is InChI=1S/C15H18N2O3/c1-3-20-9-10(2)17-14-11-6-4-5-7-13(11)16-8-12(14)15(18)19/h4-8,10H,3,9H2,1-2H3,(H,16,17)(H,18,19). The number of hydrogen-bond donors (Lipinski definition) is 2. The van der Waals surface area contributed by atoms with Crippen LogP contribution < -0.4 is 5.32 Å². The second-order valence-corrected chi connectivity index (χ2v) is 4.57. The highest BCUT2D eigenvalue weighted by atomic mass is 16.5. The smallest absolute Gasteiger partial charge is 0.339 e. The summed E-state index contributed by atoms with van der Waals surface area (Å²) in [5.41, 5.74) is 1.53. The molecule has 0 spiro atoms. The quantitative estimate of drug-likeness (QED) is 0.847. The number of hydrogen-bond acceptors (Lipinski definition) is 4. The van der Waals surface area contributed by atoms with Crippen LogP contribution in [0.3, 0.4) is 0 Å². The van der Waals surface area contributed by atoms with Crippen LogP contribution in [0.1, 0.15) is 24.2 Å². The number of carboxylic acid groups (broad SMARTS) is 1. The normalized spacial score (nSPS) is 12.3. The van der Waals surface area contributed by atoms with Crippen molar-refractivity contribution in [1.82, 2.24) is 4.98 Å². The van der Waals surface area contributed by atoms with Crippen LogP contribution in [-0.4, -0.2) is 35.3 Å². The molecule has 1 unspecified atom stereocenters. The first-order valence-corrected chi connectivity index (χ1v) is 6.58. The minimum absolute atomic E-state index is 0.0128. The summed E-state index contributed by atoms with van der Waals surface area (Å²) in [5.74, 6) is -0.991. The molecule has 0 aliphatic carbocycles. The van der Waals surface area contributed by atoms with Crippen molar-refractivity contribution in [1.29, 1.82) is 0 Å². The monoisotopic (exact) mass is 274 g/mol. The molecule has 106 valence electrons. The highest BCUT2D eigenvalue weighted by Crippen LogP contribution is 2.26. The largest absolute Gasteiger partial charge is 0.478 e. The lowest BCUT2D eigenvalue weighted by Gasteiger charge is -2.18. The van der Waals surface area contributed by atoms with E-state index >= 15 is 0 Å². The van der Waals surface area contributed by atoms with Crippen molar-refractivity contribution in [2.75, 3.05) is 18.5 Å². The number of ether oxygens (including phenoxy) is 1. The van der Waals surface area contributed by atoms with E-state index in [0.717, 1.165) is 10.9 Å². The van der Waals surface area contributed by atoms with Crippen molar-refractivity contribution in [3.05, 3.63) is 36.0 Å². The fourth-order valence-corrected chi connectivity index (χ4v) is 2.04. The zero-order chi connectivity index (χ0) is 14.5. The molecule has 1 heterocycles. The van der Waals surface area contributed by atoms with E-state index in [4.69, 9.17) is 4.74 Å². The third-order valence-corrected chi connectivity index (χ3v) is 2.97. The number of carboxylic acids is 1. The molecule has 0 radical (unpaired) electrons. The van der Waals surface area contributed by atoms with Crippen LogP contribution in [0.2, 0.25) is 0 Å². The summed E-state index contributed by atoms with van der Waals surface area (Å²) >= 11 is 0. The molecule has 0 amide bonds. The van der Waals surface area contributed by atoms with Crippen molar-refractivity contribution in [3.63, 3.8) is 0 Å². The van der Waals surface area contributed by atoms with Gasteiger partial charge in [0.25, 0.3) is 0 Å². The van der Waals surface area contributed by atoms with E-state index in [-0.39, 0.29) is 11.6 Å². The Hall–Kier alpha value is -2.14. The number of carbonyl (C=O) groups is 1. The summed E-state index contributed by atoms with van der Waals surface area (Å²) in [7, 11) is 0. The lowest BCUT2D eigenvalue weighted by atomic mass is 10.1. The Bertz CT molecular complexity index is 613. The van der Waals surface area contributed by atoms with Gasteiger partial charge in [-0.1, -0.05) is 18.2 Å². The van der Waals surface area contributed by atoms with Crippen molar-refractivity contribution >= 4 is 22.6 Å².